The zero-order valence-corrected chi connectivity index (χ0v) is 12.3. The van der Waals surface area contributed by atoms with Crippen molar-refractivity contribution in [2.45, 2.75) is 6.61 Å². The topological polar surface area (TPSA) is 58.6 Å². The van der Waals surface area contributed by atoms with Gasteiger partial charge in [-0.3, -0.25) is 9.59 Å². The van der Waals surface area contributed by atoms with E-state index in [-0.39, 0.29) is 11.8 Å². The van der Waals surface area contributed by atoms with Gasteiger partial charge in [-0.25, -0.2) is 5.43 Å². The Kier molecular flexibility index (Phi) is 3.84. The number of fused-ring (bicyclic) bond motifs is 1. The van der Waals surface area contributed by atoms with Crippen molar-refractivity contribution in [3.63, 3.8) is 0 Å². The number of hydrogen-bond donors (Lipinski definition) is 1. The summed E-state index contributed by atoms with van der Waals surface area (Å²) in [7, 11) is 0. The molecule has 0 bridgehead atoms. The molecule has 2 amide bonds. The molecule has 1 heterocycles. The van der Waals surface area contributed by atoms with E-state index >= 15 is 0 Å². The third kappa shape index (κ3) is 2.68. The van der Waals surface area contributed by atoms with Crippen LogP contribution in [0.1, 0.15) is 26.3 Å². The highest BCUT2D eigenvalue weighted by Gasteiger charge is 2.36. The van der Waals surface area contributed by atoms with Crippen LogP contribution in [0.3, 0.4) is 0 Å². The summed E-state index contributed by atoms with van der Waals surface area (Å²) in [5, 5.41) is 0.844. The van der Waals surface area contributed by atoms with Gasteiger partial charge >= 0.3 is 0 Å². The van der Waals surface area contributed by atoms with Crippen molar-refractivity contribution in [2.75, 3.05) is 0 Å². The van der Waals surface area contributed by atoms with Crippen molar-refractivity contribution >= 4 is 29.2 Å². The Morgan fingerprint density at radius 1 is 0.955 bits per heavy atom. The molecule has 0 saturated carbocycles. The molecular formula is C16H12N2O3S. The Bertz CT molecular complexity index is 711. The molecule has 110 valence electrons. The summed E-state index contributed by atoms with van der Waals surface area (Å²) in [6.07, 6.45) is 0. The van der Waals surface area contributed by atoms with Crippen molar-refractivity contribution in [1.29, 1.82) is 0 Å². The minimum absolute atomic E-state index is 0.0293. The van der Waals surface area contributed by atoms with Crippen molar-refractivity contribution < 1.29 is 14.3 Å². The smallest absolute Gasteiger partial charge is 0.280 e. The fraction of sp³-hybridized carbons (Fsp3) is 0.0625. The molecule has 6 heteroatoms. The lowest BCUT2D eigenvalue weighted by Crippen LogP contribution is -2.45. The van der Waals surface area contributed by atoms with E-state index in [4.69, 9.17) is 17.0 Å². The van der Waals surface area contributed by atoms with Crippen molar-refractivity contribution in [2.24, 2.45) is 0 Å². The predicted molar refractivity (Wildman–Crippen MR) is 83.9 cm³/mol. The predicted octanol–water partition coefficient (Wildman–Crippen LogP) is 2.29. The summed E-state index contributed by atoms with van der Waals surface area (Å²) in [6, 6.07) is 16.1. The molecule has 22 heavy (non-hydrogen) atoms. The van der Waals surface area contributed by atoms with E-state index < -0.39 is 11.8 Å². The van der Waals surface area contributed by atoms with Gasteiger partial charge in [-0.1, -0.05) is 42.5 Å². The number of hydrazine groups is 1. The van der Waals surface area contributed by atoms with E-state index in [9.17, 15) is 9.59 Å². The molecule has 3 rings (SSSR count). The lowest BCUT2D eigenvalue weighted by Gasteiger charge is -2.17. The first-order chi connectivity index (χ1) is 10.7. The Labute approximate surface area is 132 Å². The van der Waals surface area contributed by atoms with E-state index in [1.807, 2.05) is 30.3 Å². The molecular weight excluding hydrogens is 300 g/mol. The average molecular weight is 312 g/mol. The van der Waals surface area contributed by atoms with Gasteiger partial charge in [0.05, 0.1) is 11.1 Å². The summed E-state index contributed by atoms with van der Waals surface area (Å²) in [5.41, 5.74) is 4.18. The molecule has 0 unspecified atom stereocenters. The third-order valence-corrected chi connectivity index (χ3v) is 3.42. The molecule has 0 radical (unpaired) electrons. The zero-order valence-electron chi connectivity index (χ0n) is 11.5. The summed E-state index contributed by atoms with van der Waals surface area (Å²) in [4.78, 5) is 24.3. The van der Waals surface area contributed by atoms with Gasteiger partial charge in [0, 0.05) is 0 Å². The van der Waals surface area contributed by atoms with Crippen LogP contribution in [0.25, 0.3) is 0 Å². The van der Waals surface area contributed by atoms with Crippen LogP contribution in [0.5, 0.6) is 0 Å². The fourth-order valence-electron chi connectivity index (χ4n) is 2.14. The van der Waals surface area contributed by atoms with Gasteiger partial charge in [0.1, 0.15) is 6.61 Å². The van der Waals surface area contributed by atoms with Gasteiger partial charge in [-0.2, -0.15) is 5.01 Å². The second kappa shape index (κ2) is 5.95. The highest BCUT2D eigenvalue weighted by molar-refractivity contribution is 7.80. The molecule has 0 spiro atoms. The number of nitrogens with zero attached hydrogens (tertiary/aromatic N) is 1. The Balaban J connectivity index is 1.63. The van der Waals surface area contributed by atoms with Gasteiger partial charge in [0.15, 0.2) is 0 Å². The Morgan fingerprint density at radius 2 is 1.50 bits per heavy atom. The van der Waals surface area contributed by atoms with Gasteiger partial charge in [0.2, 0.25) is 0 Å². The summed E-state index contributed by atoms with van der Waals surface area (Å²) < 4.78 is 5.36. The molecule has 2 aromatic rings. The first-order valence-electron chi connectivity index (χ1n) is 6.62. The van der Waals surface area contributed by atoms with Gasteiger partial charge in [-0.05, 0) is 29.9 Å². The average Bonchev–Trinajstić information content (AvgIpc) is 2.79. The molecule has 0 aliphatic carbocycles. The van der Waals surface area contributed by atoms with E-state index in [0.29, 0.717) is 11.1 Å². The van der Waals surface area contributed by atoms with Crippen LogP contribution in [0, 0.1) is 0 Å². The van der Waals surface area contributed by atoms with Crippen LogP contribution in [-0.2, 0) is 11.3 Å². The summed E-state index contributed by atoms with van der Waals surface area (Å²) in [5.74, 6) is -0.877. The van der Waals surface area contributed by atoms with Crippen LogP contribution in [0.4, 0.5) is 0 Å². The van der Waals surface area contributed by atoms with E-state index in [1.165, 1.54) is 0 Å². The number of nitrogens with one attached hydrogen (secondary N) is 1. The van der Waals surface area contributed by atoms with E-state index in [0.717, 1.165) is 10.6 Å². The van der Waals surface area contributed by atoms with Crippen LogP contribution in [0.2, 0.25) is 0 Å². The number of benzene rings is 2. The van der Waals surface area contributed by atoms with Crippen molar-refractivity contribution in [3.8, 4) is 0 Å². The second-order valence-corrected chi connectivity index (χ2v) is 5.04. The van der Waals surface area contributed by atoms with Crippen molar-refractivity contribution in [3.05, 3.63) is 71.3 Å². The monoisotopic (exact) mass is 312 g/mol. The fourth-order valence-corrected chi connectivity index (χ4v) is 2.29. The molecule has 1 N–H and O–H groups in total. The summed E-state index contributed by atoms with van der Waals surface area (Å²) >= 11 is 5.03. The van der Waals surface area contributed by atoms with Crippen LogP contribution in [0.15, 0.2) is 54.6 Å². The Hall–Kier alpha value is -2.73. The summed E-state index contributed by atoms with van der Waals surface area (Å²) in [6.45, 7) is 0.260. The standard InChI is InChI=1S/C16H12N2O3S/c19-14-12-8-4-5-9-13(12)15(20)18(14)17-16(22)21-10-11-6-2-1-3-7-11/h1-9H,10H2,(H,17,22). The minimum Gasteiger partial charge on any atom is -0.465 e. The van der Waals surface area contributed by atoms with Crippen LogP contribution >= 0.6 is 12.2 Å². The molecule has 2 aromatic carbocycles. The number of imide groups is 1. The minimum atomic E-state index is -0.439. The Morgan fingerprint density at radius 3 is 2.09 bits per heavy atom. The largest absolute Gasteiger partial charge is 0.465 e. The van der Waals surface area contributed by atoms with Gasteiger partial charge in [0.25, 0.3) is 17.0 Å². The number of carbonyl (C=O) groups is 2. The molecule has 1 aliphatic heterocycles. The third-order valence-electron chi connectivity index (χ3n) is 3.21. The molecule has 1 aliphatic rings. The maximum absolute atomic E-state index is 12.1. The molecule has 0 aromatic heterocycles. The highest BCUT2D eigenvalue weighted by Crippen LogP contribution is 2.20. The lowest BCUT2D eigenvalue weighted by atomic mass is 10.1. The normalized spacial score (nSPS) is 13.0. The lowest BCUT2D eigenvalue weighted by molar-refractivity contribution is 0.0594. The number of hydrogen-bond acceptors (Lipinski definition) is 4. The first-order valence-corrected chi connectivity index (χ1v) is 7.03. The molecule has 0 saturated heterocycles. The number of ether oxygens (including phenoxy) is 1. The highest BCUT2D eigenvalue weighted by atomic mass is 32.1. The van der Waals surface area contributed by atoms with Crippen LogP contribution in [-0.4, -0.2) is 22.0 Å². The maximum Gasteiger partial charge on any atom is 0.280 e. The zero-order chi connectivity index (χ0) is 15.5. The maximum atomic E-state index is 12.1. The van der Waals surface area contributed by atoms with Crippen LogP contribution < -0.4 is 5.43 Å². The van der Waals surface area contributed by atoms with Gasteiger partial charge in [-0.15, -0.1) is 0 Å². The van der Waals surface area contributed by atoms with Gasteiger partial charge < -0.3 is 4.74 Å². The van der Waals surface area contributed by atoms with E-state index in [2.05, 4.69) is 5.43 Å². The number of carbonyl (C=O) groups excluding carboxylic acids is 2. The van der Waals surface area contributed by atoms with E-state index in [1.54, 1.807) is 24.3 Å². The molecule has 5 nitrogen and oxygen atoms in total. The quantitative estimate of drug-likeness (QED) is 0.696. The number of amides is 2. The SMILES string of the molecule is O=C1c2ccccc2C(=O)N1NC(=S)OCc1ccccc1. The second-order valence-electron chi connectivity index (χ2n) is 4.66. The first kappa shape index (κ1) is 14.2. The molecule has 0 fully saturated rings. The number of rotatable bonds is 3. The number of thiocarbonyl (C=S) groups is 1. The molecule has 0 atom stereocenters. The van der Waals surface area contributed by atoms with Crippen molar-refractivity contribution in [1.82, 2.24) is 10.4 Å².